The van der Waals surface area contributed by atoms with Crippen LogP contribution in [0, 0.1) is 0 Å². The molecule has 2 aromatic carbocycles. The fourth-order valence-electron chi connectivity index (χ4n) is 2.85. The number of nitrogens with zero attached hydrogens (tertiary/aromatic N) is 2. The maximum absolute atomic E-state index is 12.4. The van der Waals surface area contributed by atoms with Crippen LogP contribution in [-0.2, 0) is 11.8 Å². The van der Waals surface area contributed by atoms with E-state index in [1.54, 1.807) is 18.2 Å². The number of aromatic nitrogens is 2. The average Bonchev–Trinajstić information content (AvgIpc) is 3.43. The molecule has 1 fully saturated rings. The number of hydrogen-bond acceptors (Lipinski definition) is 4. The van der Waals surface area contributed by atoms with Crippen LogP contribution in [-0.4, -0.2) is 33.2 Å². The zero-order chi connectivity index (χ0) is 18.8. The Morgan fingerprint density at radius 3 is 2.67 bits per heavy atom. The van der Waals surface area contributed by atoms with Crippen molar-refractivity contribution in [2.45, 2.75) is 24.0 Å². The topological polar surface area (TPSA) is 76.0 Å². The maximum atomic E-state index is 12.4. The van der Waals surface area contributed by atoms with Gasteiger partial charge in [0.2, 0.25) is 5.91 Å². The monoisotopic (exact) mass is 380 g/mol. The minimum atomic E-state index is -0.168. The van der Waals surface area contributed by atoms with Gasteiger partial charge < -0.3 is 15.2 Å². The minimum Gasteiger partial charge on any atom is -0.349 e. The molecule has 0 saturated heterocycles. The Bertz CT molecular complexity index is 1010. The van der Waals surface area contributed by atoms with Gasteiger partial charge in [0, 0.05) is 13.1 Å². The molecule has 27 heavy (non-hydrogen) atoms. The van der Waals surface area contributed by atoms with Crippen LogP contribution in [0.15, 0.2) is 53.7 Å². The summed E-state index contributed by atoms with van der Waals surface area (Å²) < 4.78 is 1.98. The number of rotatable bonds is 6. The first-order chi connectivity index (χ1) is 13.1. The highest BCUT2D eigenvalue weighted by Crippen LogP contribution is 2.24. The second-order valence-electron chi connectivity index (χ2n) is 6.57. The van der Waals surface area contributed by atoms with E-state index in [-0.39, 0.29) is 23.6 Å². The largest absolute Gasteiger partial charge is 0.349 e. The van der Waals surface area contributed by atoms with Gasteiger partial charge in [0.05, 0.1) is 28.0 Å². The predicted octanol–water partition coefficient (Wildman–Crippen LogP) is 3.20. The molecule has 0 atom stereocenters. The first-order valence-electron chi connectivity index (χ1n) is 8.86. The van der Waals surface area contributed by atoms with Crippen molar-refractivity contribution in [3.63, 3.8) is 0 Å². The van der Waals surface area contributed by atoms with Gasteiger partial charge in [-0.2, -0.15) is 0 Å². The number of anilines is 1. The van der Waals surface area contributed by atoms with Crippen molar-refractivity contribution < 1.29 is 9.59 Å². The summed E-state index contributed by atoms with van der Waals surface area (Å²) >= 11 is 1.37. The maximum Gasteiger partial charge on any atom is 0.253 e. The van der Waals surface area contributed by atoms with Crippen molar-refractivity contribution in [2.75, 3.05) is 11.1 Å². The number of carbonyl (C=O) groups is 2. The number of para-hydroxylation sites is 3. The zero-order valence-electron chi connectivity index (χ0n) is 14.9. The standard InChI is InChI=1S/C20H20N4O2S/c1-24-17-9-5-4-8-16(17)23-20(24)27-12-18(25)22-15-7-3-2-6-14(15)19(26)21-13-10-11-13/h2-9,13H,10-12H2,1H3,(H,21,26)(H,22,25). The van der Waals surface area contributed by atoms with Gasteiger partial charge in [-0.25, -0.2) is 4.98 Å². The summed E-state index contributed by atoms with van der Waals surface area (Å²) in [5, 5.41) is 6.59. The quantitative estimate of drug-likeness (QED) is 0.644. The Hall–Kier alpha value is -2.80. The summed E-state index contributed by atoms with van der Waals surface area (Å²) in [6, 6.07) is 15.2. The molecule has 0 aliphatic heterocycles. The second-order valence-corrected chi connectivity index (χ2v) is 7.51. The van der Waals surface area contributed by atoms with Gasteiger partial charge in [-0.15, -0.1) is 0 Å². The van der Waals surface area contributed by atoms with Gasteiger partial charge >= 0.3 is 0 Å². The first kappa shape index (κ1) is 17.6. The summed E-state index contributed by atoms with van der Waals surface area (Å²) in [5.41, 5.74) is 2.96. The summed E-state index contributed by atoms with van der Waals surface area (Å²) in [5.74, 6) is -0.0921. The highest BCUT2D eigenvalue weighted by atomic mass is 32.2. The molecule has 1 aliphatic rings. The number of carbonyl (C=O) groups excluding carboxylic acids is 2. The highest BCUT2D eigenvalue weighted by molar-refractivity contribution is 7.99. The van der Waals surface area contributed by atoms with E-state index in [0.717, 1.165) is 29.0 Å². The van der Waals surface area contributed by atoms with Crippen LogP contribution in [0.1, 0.15) is 23.2 Å². The molecule has 3 aromatic rings. The van der Waals surface area contributed by atoms with Crippen LogP contribution in [0.4, 0.5) is 5.69 Å². The third-order valence-corrected chi connectivity index (χ3v) is 5.47. The molecule has 138 valence electrons. The molecule has 0 spiro atoms. The molecule has 7 heteroatoms. The first-order valence-corrected chi connectivity index (χ1v) is 9.84. The molecule has 0 radical (unpaired) electrons. The highest BCUT2D eigenvalue weighted by Gasteiger charge is 2.25. The molecule has 0 bridgehead atoms. The number of imidazole rings is 1. The van der Waals surface area contributed by atoms with Gasteiger partial charge in [0.1, 0.15) is 0 Å². The van der Waals surface area contributed by atoms with Crippen LogP contribution < -0.4 is 10.6 Å². The van der Waals surface area contributed by atoms with E-state index in [0.29, 0.717) is 11.3 Å². The lowest BCUT2D eigenvalue weighted by Crippen LogP contribution is -2.27. The van der Waals surface area contributed by atoms with Crippen molar-refractivity contribution in [3.8, 4) is 0 Å². The van der Waals surface area contributed by atoms with E-state index in [9.17, 15) is 9.59 Å². The molecular formula is C20H20N4O2S. The fraction of sp³-hybridized carbons (Fsp3) is 0.250. The van der Waals surface area contributed by atoms with E-state index in [4.69, 9.17) is 0 Å². The number of hydrogen-bond donors (Lipinski definition) is 2. The van der Waals surface area contributed by atoms with Crippen molar-refractivity contribution >= 4 is 40.3 Å². The molecule has 1 heterocycles. The van der Waals surface area contributed by atoms with E-state index in [1.807, 2.05) is 41.9 Å². The van der Waals surface area contributed by atoms with Gasteiger partial charge in [0.15, 0.2) is 5.16 Å². The molecule has 4 rings (SSSR count). The lowest BCUT2D eigenvalue weighted by atomic mass is 10.1. The molecule has 1 aromatic heterocycles. The third-order valence-electron chi connectivity index (χ3n) is 4.44. The minimum absolute atomic E-state index is 0.142. The van der Waals surface area contributed by atoms with Crippen LogP contribution in [0.25, 0.3) is 11.0 Å². The molecule has 1 aliphatic carbocycles. The van der Waals surface area contributed by atoms with Crippen LogP contribution in [0.2, 0.25) is 0 Å². The summed E-state index contributed by atoms with van der Waals surface area (Å²) in [6.07, 6.45) is 2.05. The van der Waals surface area contributed by atoms with Crippen molar-refractivity contribution in [3.05, 3.63) is 54.1 Å². The summed E-state index contributed by atoms with van der Waals surface area (Å²) in [6.45, 7) is 0. The Kier molecular flexibility index (Phi) is 4.85. The number of fused-ring (bicyclic) bond motifs is 1. The van der Waals surface area contributed by atoms with Crippen molar-refractivity contribution in [2.24, 2.45) is 7.05 Å². The molecule has 0 unspecified atom stereocenters. The lowest BCUT2D eigenvalue weighted by molar-refractivity contribution is -0.113. The Morgan fingerprint density at radius 2 is 1.89 bits per heavy atom. The lowest BCUT2D eigenvalue weighted by Gasteiger charge is -2.11. The number of benzene rings is 2. The molecule has 1 saturated carbocycles. The molecular weight excluding hydrogens is 360 g/mol. The number of aryl methyl sites for hydroxylation is 1. The molecule has 6 nitrogen and oxygen atoms in total. The second kappa shape index (κ2) is 7.44. The van der Waals surface area contributed by atoms with Crippen LogP contribution in [0.5, 0.6) is 0 Å². The molecule has 2 amide bonds. The number of amides is 2. The summed E-state index contributed by atoms with van der Waals surface area (Å²) in [7, 11) is 1.94. The number of thioether (sulfide) groups is 1. The van der Waals surface area contributed by atoms with Crippen molar-refractivity contribution in [1.82, 2.24) is 14.9 Å². The van der Waals surface area contributed by atoms with Crippen LogP contribution in [0.3, 0.4) is 0 Å². The smallest absolute Gasteiger partial charge is 0.253 e. The van der Waals surface area contributed by atoms with E-state index >= 15 is 0 Å². The Labute approximate surface area is 161 Å². The van der Waals surface area contributed by atoms with Gasteiger partial charge in [0.25, 0.3) is 5.91 Å². The fourth-order valence-corrected chi connectivity index (χ4v) is 3.64. The van der Waals surface area contributed by atoms with E-state index < -0.39 is 0 Å². The van der Waals surface area contributed by atoms with Gasteiger partial charge in [-0.3, -0.25) is 9.59 Å². The zero-order valence-corrected chi connectivity index (χ0v) is 15.8. The normalized spacial score (nSPS) is 13.5. The number of nitrogens with one attached hydrogen (secondary N) is 2. The van der Waals surface area contributed by atoms with E-state index in [2.05, 4.69) is 15.6 Å². The van der Waals surface area contributed by atoms with Gasteiger partial charge in [-0.1, -0.05) is 36.0 Å². The molecule has 2 N–H and O–H groups in total. The SMILES string of the molecule is Cn1c(SCC(=O)Nc2ccccc2C(=O)NC2CC2)nc2ccccc21. The van der Waals surface area contributed by atoms with E-state index in [1.165, 1.54) is 11.8 Å². The third kappa shape index (κ3) is 3.98. The predicted molar refractivity (Wildman–Crippen MR) is 107 cm³/mol. The van der Waals surface area contributed by atoms with Crippen molar-refractivity contribution in [1.29, 1.82) is 0 Å². The van der Waals surface area contributed by atoms with Crippen LogP contribution >= 0.6 is 11.8 Å². The summed E-state index contributed by atoms with van der Waals surface area (Å²) in [4.78, 5) is 29.3. The average molecular weight is 380 g/mol. The Balaban J connectivity index is 1.42. The van der Waals surface area contributed by atoms with Gasteiger partial charge in [-0.05, 0) is 37.1 Å². The Morgan fingerprint density at radius 1 is 1.15 bits per heavy atom.